The van der Waals surface area contributed by atoms with Gasteiger partial charge in [-0.05, 0) is 20.3 Å². The lowest BCUT2D eigenvalue weighted by Gasteiger charge is -2.21. The number of hydrogen-bond acceptors (Lipinski definition) is 3. The molecule has 0 aromatic carbocycles. The van der Waals surface area contributed by atoms with Gasteiger partial charge in [-0.2, -0.15) is 0 Å². The Kier molecular flexibility index (Phi) is 10.2. The Morgan fingerprint density at radius 1 is 1.47 bits per heavy atom. The molecule has 0 unspecified atom stereocenters. The quantitative estimate of drug-likeness (QED) is 0.456. The zero-order valence-electron chi connectivity index (χ0n) is 12.3. The minimum atomic E-state index is 0. The van der Waals surface area contributed by atoms with Gasteiger partial charge in [0.05, 0.1) is 6.54 Å². The van der Waals surface area contributed by atoms with Crippen LogP contribution < -0.4 is 5.32 Å². The average Bonchev–Trinajstić information content (AvgIpc) is 2.77. The number of unbranched alkanes of at least 4 members (excludes halogenated alkanes) is 1. The Balaban J connectivity index is 0.00000324. The Labute approximate surface area is 137 Å². The van der Waals surface area contributed by atoms with E-state index in [0.29, 0.717) is 6.54 Å². The van der Waals surface area contributed by atoms with E-state index in [1.54, 1.807) is 11.3 Å². The van der Waals surface area contributed by atoms with Gasteiger partial charge in [-0.15, -0.1) is 35.3 Å². The predicted molar refractivity (Wildman–Crippen MR) is 94.6 cm³/mol. The van der Waals surface area contributed by atoms with Gasteiger partial charge in [0.1, 0.15) is 5.01 Å². The molecule has 110 valence electrons. The molecule has 0 amide bonds. The second-order valence-electron chi connectivity index (χ2n) is 4.31. The Hall–Kier alpha value is -0.370. The number of thiazole rings is 1. The summed E-state index contributed by atoms with van der Waals surface area (Å²) in [5.41, 5.74) is 0. The number of nitrogens with one attached hydrogen (secondary N) is 1. The van der Waals surface area contributed by atoms with Gasteiger partial charge >= 0.3 is 0 Å². The first-order valence-electron chi connectivity index (χ1n) is 6.58. The van der Waals surface area contributed by atoms with Crippen molar-refractivity contribution in [2.45, 2.75) is 40.2 Å². The molecule has 0 aliphatic heterocycles. The topological polar surface area (TPSA) is 40.5 Å². The molecule has 0 fully saturated rings. The monoisotopic (exact) mass is 396 g/mol. The molecule has 0 bridgehead atoms. The van der Waals surface area contributed by atoms with Crippen LogP contribution in [0.5, 0.6) is 0 Å². The summed E-state index contributed by atoms with van der Waals surface area (Å²) < 4.78 is 0. The van der Waals surface area contributed by atoms with Gasteiger partial charge in [-0.3, -0.25) is 0 Å². The van der Waals surface area contributed by atoms with Crippen molar-refractivity contribution in [2.75, 3.05) is 20.1 Å². The molecule has 6 heteroatoms. The molecule has 0 atom stereocenters. The number of rotatable bonds is 6. The van der Waals surface area contributed by atoms with Crippen molar-refractivity contribution < 1.29 is 0 Å². The molecule has 0 radical (unpaired) electrons. The molecular weight excluding hydrogens is 371 g/mol. The summed E-state index contributed by atoms with van der Waals surface area (Å²) in [7, 11) is 2.09. The van der Waals surface area contributed by atoms with Gasteiger partial charge < -0.3 is 10.2 Å². The molecule has 4 nitrogen and oxygen atoms in total. The highest BCUT2D eigenvalue weighted by Crippen LogP contribution is 2.12. The zero-order chi connectivity index (χ0) is 13.4. The predicted octanol–water partition coefficient (Wildman–Crippen LogP) is 3.27. The van der Waals surface area contributed by atoms with E-state index >= 15 is 0 Å². The van der Waals surface area contributed by atoms with Gasteiger partial charge in [0.25, 0.3) is 0 Å². The third-order valence-electron chi connectivity index (χ3n) is 2.58. The molecule has 0 spiro atoms. The standard InChI is InChI=1S/C13H24N4S.HI/c1-5-7-8-17(4)13(14-6-2)16-10-12-15-9-11(3)18-12;/h9H,5-8,10H2,1-4H3,(H,14,16);1H. The van der Waals surface area contributed by atoms with E-state index in [-0.39, 0.29) is 24.0 Å². The van der Waals surface area contributed by atoms with E-state index in [1.165, 1.54) is 17.7 Å². The van der Waals surface area contributed by atoms with Crippen LogP contribution in [0.4, 0.5) is 0 Å². The van der Waals surface area contributed by atoms with E-state index in [1.807, 2.05) is 6.20 Å². The number of aryl methyl sites for hydroxylation is 1. The van der Waals surface area contributed by atoms with Gasteiger partial charge in [0.2, 0.25) is 0 Å². The molecule has 1 rings (SSSR count). The summed E-state index contributed by atoms with van der Waals surface area (Å²) in [6.45, 7) is 8.97. The van der Waals surface area contributed by atoms with E-state index in [2.05, 4.69) is 48.0 Å². The number of aliphatic imine (C=N–C) groups is 1. The summed E-state index contributed by atoms with van der Waals surface area (Å²) >= 11 is 1.71. The van der Waals surface area contributed by atoms with Crippen molar-refractivity contribution in [3.8, 4) is 0 Å². The molecule has 1 heterocycles. The van der Waals surface area contributed by atoms with Crippen molar-refractivity contribution in [2.24, 2.45) is 4.99 Å². The number of aromatic nitrogens is 1. The van der Waals surface area contributed by atoms with E-state index < -0.39 is 0 Å². The van der Waals surface area contributed by atoms with Gasteiger partial charge in [0.15, 0.2) is 5.96 Å². The van der Waals surface area contributed by atoms with Gasteiger partial charge in [-0.1, -0.05) is 13.3 Å². The van der Waals surface area contributed by atoms with Crippen LogP contribution in [0.2, 0.25) is 0 Å². The number of nitrogens with zero attached hydrogens (tertiary/aromatic N) is 3. The minimum absolute atomic E-state index is 0. The van der Waals surface area contributed by atoms with E-state index in [9.17, 15) is 0 Å². The van der Waals surface area contributed by atoms with E-state index in [0.717, 1.165) is 24.1 Å². The van der Waals surface area contributed by atoms with Crippen LogP contribution in [0.3, 0.4) is 0 Å². The maximum Gasteiger partial charge on any atom is 0.194 e. The normalized spacial score (nSPS) is 11.1. The van der Waals surface area contributed by atoms with Crippen LogP contribution in [-0.4, -0.2) is 36.0 Å². The van der Waals surface area contributed by atoms with Crippen LogP contribution in [0.1, 0.15) is 36.6 Å². The Morgan fingerprint density at radius 2 is 2.21 bits per heavy atom. The Morgan fingerprint density at radius 3 is 2.74 bits per heavy atom. The van der Waals surface area contributed by atoms with Crippen LogP contribution in [0.15, 0.2) is 11.2 Å². The molecule has 1 N–H and O–H groups in total. The lowest BCUT2D eigenvalue weighted by Crippen LogP contribution is -2.39. The number of hydrogen-bond donors (Lipinski definition) is 1. The van der Waals surface area contributed by atoms with Gasteiger partial charge in [0, 0.05) is 31.2 Å². The van der Waals surface area contributed by atoms with Crippen LogP contribution in [-0.2, 0) is 6.54 Å². The molecule has 0 saturated heterocycles. The maximum absolute atomic E-state index is 4.63. The molecular formula is C13H25IN4S. The highest BCUT2D eigenvalue weighted by molar-refractivity contribution is 14.0. The van der Waals surface area contributed by atoms with E-state index in [4.69, 9.17) is 0 Å². The molecule has 0 aliphatic carbocycles. The molecule has 0 aliphatic rings. The highest BCUT2D eigenvalue weighted by Gasteiger charge is 2.05. The van der Waals surface area contributed by atoms with Crippen LogP contribution in [0.25, 0.3) is 0 Å². The minimum Gasteiger partial charge on any atom is -0.357 e. The lowest BCUT2D eigenvalue weighted by atomic mass is 10.3. The largest absolute Gasteiger partial charge is 0.357 e. The summed E-state index contributed by atoms with van der Waals surface area (Å²) in [4.78, 5) is 12.4. The van der Waals surface area contributed by atoms with Crippen molar-refractivity contribution in [1.29, 1.82) is 0 Å². The average molecular weight is 396 g/mol. The summed E-state index contributed by atoms with van der Waals surface area (Å²) in [5.74, 6) is 0.971. The first kappa shape index (κ1) is 18.6. The third-order valence-corrected chi connectivity index (χ3v) is 3.47. The third kappa shape index (κ3) is 7.10. The highest BCUT2D eigenvalue weighted by atomic mass is 127. The van der Waals surface area contributed by atoms with Gasteiger partial charge in [-0.25, -0.2) is 9.98 Å². The molecule has 1 aromatic rings. The smallest absolute Gasteiger partial charge is 0.194 e. The number of guanidine groups is 1. The summed E-state index contributed by atoms with van der Waals surface area (Å²) in [5, 5.41) is 4.40. The van der Waals surface area contributed by atoms with Crippen molar-refractivity contribution in [1.82, 2.24) is 15.2 Å². The molecule has 0 saturated carbocycles. The van der Waals surface area contributed by atoms with Crippen molar-refractivity contribution in [3.05, 3.63) is 16.1 Å². The summed E-state index contributed by atoms with van der Waals surface area (Å²) in [6, 6.07) is 0. The first-order valence-corrected chi connectivity index (χ1v) is 7.39. The van der Waals surface area contributed by atoms with Crippen molar-refractivity contribution >= 4 is 41.3 Å². The van der Waals surface area contributed by atoms with Crippen LogP contribution in [0, 0.1) is 6.92 Å². The zero-order valence-corrected chi connectivity index (χ0v) is 15.4. The van der Waals surface area contributed by atoms with Crippen molar-refractivity contribution in [3.63, 3.8) is 0 Å². The lowest BCUT2D eigenvalue weighted by molar-refractivity contribution is 0.465. The Bertz CT molecular complexity index is 378. The number of halogens is 1. The second-order valence-corrected chi connectivity index (χ2v) is 5.63. The second kappa shape index (κ2) is 10.4. The molecule has 1 aromatic heterocycles. The summed E-state index contributed by atoms with van der Waals surface area (Å²) in [6.07, 6.45) is 4.30. The van der Waals surface area contributed by atoms with Crippen LogP contribution >= 0.6 is 35.3 Å². The SMILES string of the molecule is CCCCN(C)C(=NCc1ncc(C)s1)NCC.I. The fourth-order valence-corrected chi connectivity index (χ4v) is 2.30. The molecule has 19 heavy (non-hydrogen) atoms. The first-order chi connectivity index (χ1) is 8.67. The maximum atomic E-state index is 4.63. The fourth-order valence-electron chi connectivity index (χ4n) is 1.59. The fraction of sp³-hybridized carbons (Fsp3) is 0.692.